The highest BCUT2D eigenvalue weighted by Gasteiger charge is 2.29. The number of nitrogens with one attached hydrogen (secondary N) is 1. The molecule has 18 heavy (non-hydrogen) atoms. The maximum absolute atomic E-state index is 5.84. The number of rotatable bonds is 4. The van der Waals surface area contributed by atoms with Crippen molar-refractivity contribution in [2.45, 2.75) is 46.3 Å². The summed E-state index contributed by atoms with van der Waals surface area (Å²) in [7, 11) is 1.94. The van der Waals surface area contributed by atoms with Crippen LogP contribution in [0.15, 0.2) is 16.5 Å². The second kappa shape index (κ2) is 5.89. The van der Waals surface area contributed by atoms with Crippen LogP contribution < -0.4 is 5.32 Å². The molecule has 3 unspecified atom stereocenters. The van der Waals surface area contributed by atoms with Gasteiger partial charge in [-0.2, -0.15) is 0 Å². The fraction of sp³-hybridized carbons (Fsp3) is 0.733. The van der Waals surface area contributed by atoms with Crippen LogP contribution in [0.1, 0.15) is 38.7 Å². The zero-order chi connectivity index (χ0) is 13.1. The van der Waals surface area contributed by atoms with Crippen LogP contribution in [0.2, 0.25) is 0 Å². The molecule has 0 saturated carbocycles. The largest absolute Gasteiger partial charge is 0.463 e. The van der Waals surface area contributed by atoms with E-state index in [9.17, 15) is 0 Å². The molecule has 1 saturated heterocycles. The van der Waals surface area contributed by atoms with Gasteiger partial charge >= 0.3 is 0 Å². The highest BCUT2D eigenvalue weighted by molar-refractivity contribution is 5.07. The monoisotopic (exact) mass is 250 g/mol. The fourth-order valence-electron chi connectivity index (χ4n) is 3.02. The molecule has 1 fully saturated rings. The molecule has 0 spiro atoms. The predicted molar refractivity (Wildman–Crippen MR) is 74.3 cm³/mol. The number of hydrogen-bond acceptors (Lipinski definition) is 3. The molecular weight excluding hydrogens is 224 g/mol. The van der Waals surface area contributed by atoms with E-state index in [4.69, 9.17) is 4.42 Å². The van der Waals surface area contributed by atoms with Gasteiger partial charge in [0, 0.05) is 12.6 Å². The Bertz CT molecular complexity index is 374. The zero-order valence-electron chi connectivity index (χ0n) is 12.1. The minimum Gasteiger partial charge on any atom is -0.463 e. The standard InChI is InChI=1S/C15H26N2O/c1-11-7-12(2)13(3)17(9-11)10-15-6-5-14(18-15)8-16-4/h5-6,11-13,16H,7-10H2,1-4H3. The summed E-state index contributed by atoms with van der Waals surface area (Å²) in [5.74, 6) is 3.69. The molecule has 2 heterocycles. The number of piperidine rings is 1. The van der Waals surface area contributed by atoms with Crippen molar-refractivity contribution in [1.82, 2.24) is 10.2 Å². The first-order valence-electron chi connectivity index (χ1n) is 7.06. The fourth-order valence-corrected chi connectivity index (χ4v) is 3.02. The Labute approximate surface area is 111 Å². The number of hydrogen-bond donors (Lipinski definition) is 1. The quantitative estimate of drug-likeness (QED) is 0.890. The second-order valence-corrected chi connectivity index (χ2v) is 5.89. The van der Waals surface area contributed by atoms with E-state index in [1.807, 2.05) is 7.05 Å². The number of nitrogens with zero attached hydrogens (tertiary/aromatic N) is 1. The lowest BCUT2D eigenvalue weighted by atomic mass is 9.86. The minimum atomic E-state index is 0.652. The molecule has 3 nitrogen and oxygen atoms in total. The highest BCUT2D eigenvalue weighted by atomic mass is 16.3. The molecule has 2 rings (SSSR count). The van der Waals surface area contributed by atoms with Gasteiger partial charge in [0.2, 0.25) is 0 Å². The lowest BCUT2D eigenvalue weighted by Crippen LogP contribution is -2.45. The molecule has 102 valence electrons. The van der Waals surface area contributed by atoms with Crippen molar-refractivity contribution >= 4 is 0 Å². The third kappa shape index (κ3) is 3.15. The van der Waals surface area contributed by atoms with E-state index in [-0.39, 0.29) is 0 Å². The molecule has 3 heteroatoms. The summed E-state index contributed by atoms with van der Waals surface area (Å²) in [5, 5.41) is 3.12. The lowest BCUT2D eigenvalue weighted by molar-refractivity contribution is 0.0665. The van der Waals surface area contributed by atoms with Gasteiger partial charge in [0.25, 0.3) is 0 Å². The van der Waals surface area contributed by atoms with Crippen LogP contribution in [-0.2, 0) is 13.1 Å². The van der Waals surface area contributed by atoms with Crippen LogP contribution in [0.4, 0.5) is 0 Å². The zero-order valence-corrected chi connectivity index (χ0v) is 12.1. The third-order valence-electron chi connectivity index (χ3n) is 4.15. The molecule has 0 amide bonds. The van der Waals surface area contributed by atoms with E-state index in [1.54, 1.807) is 0 Å². The Hall–Kier alpha value is -0.800. The Morgan fingerprint density at radius 1 is 1.28 bits per heavy atom. The molecule has 1 aromatic rings. The van der Waals surface area contributed by atoms with Gasteiger partial charge in [-0.05, 0) is 44.4 Å². The Morgan fingerprint density at radius 3 is 2.72 bits per heavy atom. The first-order chi connectivity index (χ1) is 8.60. The molecule has 3 atom stereocenters. The van der Waals surface area contributed by atoms with Gasteiger partial charge in [-0.25, -0.2) is 0 Å². The van der Waals surface area contributed by atoms with Gasteiger partial charge in [-0.3, -0.25) is 4.90 Å². The van der Waals surface area contributed by atoms with E-state index in [0.717, 1.165) is 36.4 Å². The van der Waals surface area contributed by atoms with Crippen LogP contribution in [0.25, 0.3) is 0 Å². The maximum atomic E-state index is 5.84. The molecule has 0 bridgehead atoms. The van der Waals surface area contributed by atoms with E-state index >= 15 is 0 Å². The molecule has 0 aliphatic carbocycles. The van der Waals surface area contributed by atoms with E-state index in [2.05, 4.69) is 43.1 Å². The molecular formula is C15H26N2O. The summed E-state index contributed by atoms with van der Waals surface area (Å²) in [6.45, 7) is 10.00. The third-order valence-corrected chi connectivity index (χ3v) is 4.15. The van der Waals surface area contributed by atoms with Gasteiger partial charge < -0.3 is 9.73 Å². The summed E-state index contributed by atoms with van der Waals surface area (Å²) in [4.78, 5) is 2.56. The van der Waals surface area contributed by atoms with Crippen LogP contribution >= 0.6 is 0 Å². The predicted octanol–water partition coefficient (Wildman–Crippen LogP) is 2.87. The molecule has 1 aromatic heterocycles. The highest BCUT2D eigenvalue weighted by Crippen LogP contribution is 2.28. The first-order valence-corrected chi connectivity index (χ1v) is 7.06. The van der Waals surface area contributed by atoms with Crippen LogP contribution in [0.5, 0.6) is 0 Å². The van der Waals surface area contributed by atoms with Crippen molar-refractivity contribution in [3.63, 3.8) is 0 Å². The van der Waals surface area contributed by atoms with Gasteiger partial charge in [0.1, 0.15) is 11.5 Å². The first kappa shape index (κ1) is 13.6. The number of furan rings is 1. The van der Waals surface area contributed by atoms with Crippen LogP contribution in [0, 0.1) is 11.8 Å². The summed E-state index contributed by atoms with van der Waals surface area (Å²) in [5.41, 5.74) is 0. The molecule has 1 aliphatic heterocycles. The Morgan fingerprint density at radius 2 is 2.00 bits per heavy atom. The van der Waals surface area contributed by atoms with Crippen molar-refractivity contribution in [3.05, 3.63) is 23.7 Å². The normalized spacial score (nSPS) is 29.7. The van der Waals surface area contributed by atoms with Crippen molar-refractivity contribution in [1.29, 1.82) is 0 Å². The lowest BCUT2D eigenvalue weighted by Gasteiger charge is -2.40. The summed E-state index contributed by atoms with van der Waals surface area (Å²) < 4.78 is 5.84. The topological polar surface area (TPSA) is 28.4 Å². The number of likely N-dealkylation sites (tertiary alicyclic amines) is 1. The maximum Gasteiger partial charge on any atom is 0.118 e. The molecule has 0 aromatic carbocycles. The minimum absolute atomic E-state index is 0.652. The average molecular weight is 250 g/mol. The van der Waals surface area contributed by atoms with Gasteiger partial charge in [-0.1, -0.05) is 13.8 Å². The van der Waals surface area contributed by atoms with Crippen molar-refractivity contribution < 1.29 is 4.42 Å². The van der Waals surface area contributed by atoms with Gasteiger partial charge in [0.15, 0.2) is 0 Å². The molecule has 0 radical (unpaired) electrons. The Kier molecular flexibility index (Phi) is 4.46. The summed E-state index contributed by atoms with van der Waals surface area (Å²) in [6.07, 6.45) is 1.35. The molecule has 1 aliphatic rings. The van der Waals surface area contributed by atoms with E-state index < -0.39 is 0 Å². The van der Waals surface area contributed by atoms with E-state index in [1.165, 1.54) is 13.0 Å². The smallest absolute Gasteiger partial charge is 0.118 e. The summed E-state index contributed by atoms with van der Waals surface area (Å²) >= 11 is 0. The van der Waals surface area contributed by atoms with Gasteiger partial charge in [-0.15, -0.1) is 0 Å². The average Bonchev–Trinajstić information content (AvgIpc) is 2.73. The van der Waals surface area contributed by atoms with Crippen LogP contribution in [-0.4, -0.2) is 24.5 Å². The van der Waals surface area contributed by atoms with E-state index in [0.29, 0.717) is 6.04 Å². The van der Waals surface area contributed by atoms with Crippen molar-refractivity contribution in [2.75, 3.05) is 13.6 Å². The van der Waals surface area contributed by atoms with Crippen molar-refractivity contribution in [2.24, 2.45) is 11.8 Å². The van der Waals surface area contributed by atoms with Crippen LogP contribution in [0.3, 0.4) is 0 Å². The molecule has 1 N–H and O–H groups in total. The second-order valence-electron chi connectivity index (χ2n) is 5.89. The Balaban J connectivity index is 1.98. The SMILES string of the molecule is CNCc1ccc(CN2CC(C)CC(C)C2C)o1. The van der Waals surface area contributed by atoms with Gasteiger partial charge in [0.05, 0.1) is 13.1 Å². The summed E-state index contributed by atoms with van der Waals surface area (Å²) in [6, 6.07) is 4.84. The van der Waals surface area contributed by atoms with Crippen molar-refractivity contribution in [3.8, 4) is 0 Å².